The van der Waals surface area contributed by atoms with Crippen LogP contribution >= 0.6 is 0 Å². The topological polar surface area (TPSA) is 57.7 Å². The molecule has 0 saturated heterocycles. The molecule has 1 unspecified atom stereocenters. The van der Waals surface area contributed by atoms with E-state index in [-0.39, 0.29) is 12.5 Å². The summed E-state index contributed by atoms with van der Waals surface area (Å²) < 4.78 is 53.9. The van der Waals surface area contributed by atoms with Gasteiger partial charge in [-0.3, -0.25) is 0 Å². The number of pyridine rings is 1. The molecule has 2 aromatic carbocycles. The number of hydrogen-bond acceptors (Lipinski definition) is 5. The highest BCUT2D eigenvalue weighted by Crippen LogP contribution is 2.30. The fourth-order valence-corrected chi connectivity index (χ4v) is 2.41. The Hall–Kier alpha value is -3.55. The van der Waals surface area contributed by atoms with Gasteiger partial charge in [-0.1, -0.05) is 30.3 Å². The van der Waals surface area contributed by atoms with Crippen molar-refractivity contribution in [1.29, 1.82) is 0 Å². The first-order valence-corrected chi connectivity index (χ1v) is 8.99. The van der Waals surface area contributed by atoms with Gasteiger partial charge in [-0.2, -0.15) is 13.2 Å². The molecule has 0 aliphatic carbocycles. The average molecular weight is 417 g/mol. The van der Waals surface area contributed by atoms with Crippen LogP contribution in [0.3, 0.4) is 0 Å². The van der Waals surface area contributed by atoms with Gasteiger partial charge < -0.3 is 14.2 Å². The fourth-order valence-electron chi connectivity index (χ4n) is 2.41. The third kappa shape index (κ3) is 5.97. The van der Waals surface area contributed by atoms with Crippen molar-refractivity contribution in [2.45, 2.75) is 25.8 Å². The molecule has 3 aromatic rings. The van der Waals surface area contributed by atoms with Gasteiger partial charge in [0.1, 0.15) is 18.1 Å². The van der Waals surface area contributed by atoms with Crippen molar-refractivity contribution in [1.82, 2.24) is 4.98 Å². The molecule has 1 atom stereocenters. The number of nitrogens with zero attached hydrogens (tertiary/aromatic N) is 1. The minimum atomic E-state index is -4.45. The Labute approximate surface area is 171 Å². The van der Waals surface area contributed by atoms with Crippen LogP contribution in [0.4, 0.5) is 13.2 Å². The summed E-state index contributed by atoms with van der Waals surface area (Å²) in [7, 11) is 0. The Kier molecular flexibility index (Phi) is 6.56. The maximum Gasteiger partial charge on any atom is 0.417 e. The molecule has 0 aliphatic rings. The summed E-state index contributed by atoms with van der Waals surface area (Å²) in [5, 5.41) is 0. The summed E-state index contributed by atoms with van der Waals surface area (Å²) in [6.07, 6.45) is -4.57. The number of halogens is 3. The molecule has 1 aromatic heterocycles. The van der Waals surface area contributed by atoms with Gasteiger partial charge >= 0.3 is 12.1 Å². The zero-order valence-electron chi connectivity index (χ0n) is 15.9. The lowest BCUT2D eigenvalue weighted by atomic mass is 10.2. The molecule has 156 valence electrons. The summed E-state index contributed by atoms with van der Waals surface area (Å²) >= 11 is 0. The number of benzene rings is 2. The molecule has 0 amide bonds. The Morgan fingerprint density at radius 3 is 2.23 bits per heavy atom. The lowest BCUT2D eigenvalue weighted by Crippen LogP contribution is -2.26. The van der Waals surface area contributed by atoms with Crippen LogP contribution in [0.15, 0.2) is 72.9 Å². The van der Waals surface area contributed by atoms with E-state index in [0.717, 1.165) is 17.7 Å². The second-order valence-electron chi connectivity index (χ2n) is 6.31. The molecular weight excluding hydrogens is 399 g/mol. The first kappa shape index (κ1) is 21.2. The van der Waals surface area contributed by atoms with Crippen LogP contribution in [-0.4, -0.2) is 17.1 Å². The summed E-state index contributed by atoms with van der Waals surface area (Å²) in [6.45, 7) is 1.73. The highest BCUT2D eigenvalue weighted by Gasteiger charge is 2.30. The van der Waals surface area contributed by atoms with E-state index in [4.69, 9.17) is 14.2 Å². The highest BCUT2D eigenvalue weighted by molar-refractivity contribution is 5.74. The van der Waals surface area contributed by atoms with Crippen LogP contribution in [0.1, 0.15) is 18.1 Å². The number of ether oxygens (including phenoxy) is 3. The minimum absolute atomic E-state index is 0.0227. The van der Waals surface area contributed by atoms with E-state index in [1.807, 2.05) is 30.3 Å². The lowest BCUT2D eigenvalue weighted by Gasteiger charge is -2.14. The number of esters is 1. The van der Waals surface area contributed by atoms with Gasteiger partial charge in [0.05, 0.1) is 5.56 Å². The Morgan fingerprint density at radius 1 is 0.967 bits per heavy atom. The molecule has 0 spiro atoms. The molecule has 0 N–H and O–H groups in total. The van der Waals surface area contributed by atoms with Crippen molar-refractivity contribution in [3.05, 3.63) is 84.1 Å². The van der Waals surface area contributed by atoms with Crippen LogP contribution < -0.4 is 9.47 Å². The molecule has 1 heterocycles. The van der Waals surface area contributed by atoms with Crippen molar-refractivity contribution in [2.24, 2.45) is 0 Å². The third-order valence-electron chi connectivity index (χ3n) is 3.98. The first-order chi connectivity index (χ1) is 14.3. The quantitative estimate of drug-likeness (QED) is 0.482. The summed E-state index contributed by atoms with van der Waals surface area (Å²) in [5.74, 6) is 0.281. The van der Waals surface area contributed by atoms with Gasteiger partial charge in [-0.05, 0) is 42.8 Å². The Morgan fingerprint density at radius 2 is 1.63 bits per heavy atom. The molecule has 0 aliphatic heterocycles. The van der Waals surface area contributed by atoms with E-state index < -0.39 is 23.8 Å². The molecule has 0 radical (unpaired) electrons. The molecule has 30 heavy (non-hydrogen) atoms. The molecule has 0 bridgehead atoms. The number of aromatic nitrogens is 1. The normalized spacial score (nSPS) is 12.1. The van der Waals surface area contributed by atoms with E-state index in [0.29, 0.717) is 17.7 Å². The number of alkyl halides is 3. The summed E-state index contributed by atoms with van der Waals surface area (Å²) in [4.78, 5) is 15.7. The average Bonchev–Trinajstić information content (AvgIpc) is 2.74. The van der Waals surface area contributed by atoms with Crippen molar-refractivity contribution < 1.29 is 32.2 Å². The molecular formula is C22H18F3NO4. The number of rotatable bonds is 7. The van der Waals surface area contributed by atoms with Crippen LogP contribution in [0, 0.1) is 0 Å². The highest BCUT2D eigenvalue weighted by atomic mass is 19.4. The van der Waals surface area contributed by atoms with Gasteiger partial charge in [-0.25, -0.2) is 9.78 Å². The largest absolute Gasteiger partial charge is 0.479 e. The van der Waals surface area contributed by atoms with Gasteiger partial charge in [0, 0.05) is 12.3 Å². The van der Waals surface area contributed by atoms with Crippen LogP contribution in [-0.2, 0) is 22.3 Å². The smallest absolute Gasteiger partial charge is 0.417 e. The standard InChI is InChI=1S/C22H18F3NO4/c1-15(21(27)28-14-16-5-3-2-4-6-16)29-18-8-10-19(11-9-18)30-20-12-7-17(13-26-20)22(23,24)25/h2-13,15H,14H2,1H3. The number of carbonyl (C=O) groups excluding carboxylic acids is 1. The van der Waals surface area contributed by atoms with Crippen LogP contribution in [0.25, 0.3) is 0 Å². The second-order valence-corrected chi connectivity index (χ2v) is 6.31. The molecule has 0 fully saturated rings. The second kappa shape index (κ2) is 9.30. The number of hydrogen-bond donors (Lipinski definition) is 0. The van der Waals surface area contributed by atoms with Crippen molar-refractivity contribution in [2.75, 3.05) is 0 Å². The fraction of sp³-hybridized carbons (Fsp3) is 0.182. The third-order valence-corrected chi connectivity index (χ3v) is 3.98. The minimum Gasteiger partial charge on any atom is -0.479 e. The maximum atomic E-state index is 12.6. The van der Waals surface area contributed by atoms with E-state index in [2.05, 4.69) is 4.98 Å². The monoisotopic (exact) mass is 417 g/mol. The van der Waals surface area contributed by atoms with Crippen LogP contribution in [0.5, 0.6) is 17.4 Å². The molecule has 3 rings (SSSR count). The summed E-state index contributed by atoms with van der Waals surface area (Å²) in [5.41, 5.74) is 0.0168. The van der Waals surface area contributed by atoms with Crippen molar-refractivity contribution in [3.8, 4) is 17.4 Å². The summed E-state index contributed by atoms with van der Waals surface area (Å²) in [6, 6.07) is 17.6. The maximum absolute atomic E-state index is 12.6. The van der Waals surface area contributed by atoms with Gasteiger partial charge in [-0.15, -0.1) is 0 Å². The number of carbonyl (C=O) groups is 1. The van der Waals surface area contributed by atoms with Crippen molar-refractivity contribution >= 4 is 5.97 Å². The molecule has 0 saturated carbocycles. The van der Waals surface area contributed by atoms with Gasteiger partial charge in [0.2, 0.25) is 5.88 Å². The van der Waals surface area contributed by atoms with E-state index >= 15 is 0 Å². The molecule has 8 heteroatoms. The lowest BCUT2D eigenvalue weighted by molar-refractivity contribution is -0.152. The predicted octanol–water partition coefficient (Wildman–Crippen LogP) is 5.40. The van der Waals surface area contributed by atoms with Gasteiger partial charge in [0.25, 0.3) is 0 Å². The van der Waals surface area contributed by atoms with E-state index in [9.17, 15) is 18.0 Å². The van der Waals surface area contributed by atoms with E-state index in [1.54, 1.807) is 31.2 Å². The van der Waals surface area contributed by atoms with Crippen molar-refractivity contribution in [3.63, 3.8) is 0 Å². The van der Waals surface area contributed by atoms with E-state index in [1.165, 1.54) is 0 Å². The zero-order chi connectivity index (χ0) is 21.6. The van der Waals surface area contributed by atoms with Gasteiger partial charge in [0.15, 0.2) is 6.10 Å². The SMILES string of the molecule is CC(Oc1ccc(Oc2ccc(C(F)(F)F)cn2)cc1)C(=O)OCc1ccccc1. The Balaban J connectivity index is 1.51. The first-order valence-electron chi connectivity index (χ1n) is 8.99. The predicted molar refractivity (Wildman–Crippen MR) is 102 cm³/mol. The Bertz CT molecular complexity index is 958. The zero-order valence-corrected chi connectivity index (χ0v) is 15.9. The molecule has 5 nitrogen and oxygen atoms in total. The van der Waals surface area contributed by atoms with Crippen LogP contribution in [0.2, 0.25) is 0 Å².